The van der Waals surface area contributed by atoms with E-state index in [2.05, 4.69) is 22.0 Å². The van der Waals surface area contributed by atoms with Crippen molar-refractivity contribution in [3.63, 3.8) is 0 Å². The van der Waals surface area contributed by atoms with Crippen LogP contribution in [0.2, 0.25) is 0 Å². The number of amides is 1. The summed E-state index contributed by atoms with van der Waals surface area (Å²) in [5.41, 5.74) is 2.59. The minimum Gasteiger partial charge on any atom is -0.490 e. The van der Waals surface area contributed by atoms with E-state index in [1.807, 2.05) is 48.5 Å². The zero-order valence-corrected chi connectivity index (χ0v) is 16.1. The lowest BCUT2D eigenvalue weighted by molar-refractivity contribution is 0.102. The van der Waals surface area contributed by atoms with E-state index >= 15 is 0 Å². The fourth-order valence-electron chi connectivity index (χ4n) is 2.87. The zero-order valence-electron chi connectivity index (χ0n) is 16.1. The molecule has 0 bridgehead atoms. The van der Waals surface area contributed by atoms with Crippen LogP contribution in [0, 0.1) is 0 Å². The van der Waals surface area contributed by atoms with E-state index in [1.165, 1.54) is 0 Å². The molecule has 1 aromatic heterocycles. The van der Waals surface area contributed by atoms with Gasteiger partial charge >= 0.3 is 0 Å². The van der Waals surface area contributed by atoms with E-state index in [9.17, 15) is 4.79 Å². The van der Waals surface area contributed by atoms with Crippen LogP contribution in [0.3, 0.4) is 0 Å². The van der Waals surface area contributed by atoms with E-state index in [1.54, 1.807) is 36.4 Å². The van der Waals surface area contributed by atoms with Crippen LogP contribution in [0.15, 0.2) is 96.0 Å². The molecule has 148 valence electrons. The van der Waals surface area contributed by atoms with Crippen LogP contribution in [-0.4, -0.2) is 22.7 Å². The van der Waals surface area contributed by atoms with Crippen molar-refractivity contribution < 1.29 is 14.1 Å². The lowest BCUT2D eigenvalue weighted by atomic mass is 10.1. The molecule has 0 aliphatic carbocycles. The van der Waals surface area contributed by atoms with Gasteiger partial charge in [0.25, 0.3) is 11.8 Å². The Morgan fingerprint density at radius 3 is 2.50 bits per heavy atom. The lowest BCUT2D eigenvalue weighted by Gasteiger charge is -2.09. The van der Waals surface area contributed by atoms with E-state index in [4.69, 9.17) is 9.26 Å². The normalized spacial score (nSPS) is 10.4. The van der Waals surface area contributed by atoms with Gasteiger partial charge in [-0.25, -0.2) is 0 Å². The molecule has 0 saturated carbocycles. The Morgan fingerprint density at radius 2 is 1.73 bits per heavy atom. The van der Waals surface area contributed by atoms with Gasteiger partial charge in [-0.1, -0.05) is 60.3 Å². The molecule has 6 nitrogen and oxygen atoms in total. The van der Waals surface area contributed by atoms with Crippen molar-refractivity contribution in [2.45, 2.75) is 0 Å². The van der Waals surface area contributed by atoms with Crippen LogP contribution in [0.4, 0.5) is 5.69 Å². The summed E-state index contributed by atoms with van der Waals surface area (Å²) >= 11 is 0. The molecule has 0 fully saturated rings. The van der Waals surface area contributed by atoms with Crippen molar-refractivity contribution in [3.8, 4) is 28.6 Å². The topological polar surface area (TPSA) is 77.2 Å². The van der Waals surface area contributed by atoms with Crippen LogP contribution in [0.25, 0.3) is 22.8 Å². The first-order valence-corrected chi connectivity index (χ1v) is 9.38. The van der Waals surface area contributed by atoms with E-state index in [0.717, 1.165) is 5.56 Å². The average molecular weight is 397 g/mol. The van der Waals surface area contributed by atoms with Crippen molar-refractivity contribution >= 4 is 11.6 Å². The maximum absolute atomic E-state index is 12.7. The molecule has 1 N–H and O–H groups in total. The van der Waals surface area contributed by atoms with E-state index in [-0.39, 0.29) is 5.91 Å². The SMILES string of the molecule is C=CCOc1ccc(C(=O)Nc2ccccc2-c2nc(-c3ccccc3)no2)cc1. The Balaban J connectivity index is 1.54. The number of nitrogens with one attached hydrogen (secondary N) is 1. The molecule has 0 radical (unpaired) electrons. The first-order valence-electron chi connectivity index (χ1n) is 9.38. The molecule has 0 unspecified atom stereocenters. The molecule has 0 atom stereocenters. The number of anilines is 1. The Kier molecular flexibility index (Phi) is 5.66. The van der Waals surface area contributed by atoms with Gasteiger partial charge in [0.05, 0.1) is 11.3 Å². The molecule has 0 aliphatic rings. The Morgan fingerprint density at radius 1 is 1.00 bits per heavy atom. The minimum absolute atomic E-state index is 0.250. The fraction of sp³-hybridized carbons (Fsp3) is 0.0417. The number of hydrogen-bond donors (Lipinski definition) is 1. The molecule has 0 saturated heterocycles. The summed E-state index contributed by atoms with van der Waals surface area (Å²) < 4.78 is 10.9. The summed E-state index contributed by atoms with van der Waals surface area (Å²) in [4.78, 5) is 17.2. The molecule has 1 heterocycles. The molecular formula is C24H19N3O3. The number of carbonyl (C=O) groups excluding carboxylic acids is 1. The van der Waals surface area contributed by atoms with Crippen LogP contribution < -0.4 is 10.1 Å². The predicted molar refractivity (Wildman–Crippen MR) is 115 cm³/mol. The summed E-state index contributed by atoms with van der Waals surface area (Å²) in [5.74, 6) is 1.24. The van der Waals surface area contributed by atoms with Crippen molar-refractivity contribution in [1.29, 1.82) is 0 Å². The maximum atomic E-state index is 12.7. The summed E-state index contributed by atoms with van der Waals surface area (Å²) in [6.07, 6.45) is 1.66. The number of nitrogens with zero attached hydrogens (tertiary/aromatic N) is 2. The largest absolute Gasteiger partial charge is 0.490 e. The Labute approximate surface area is 173 Å². The molecule has 3 aromatic carbocycles. The highest BCUT2D eigenvalue weighted by atomic mass is 16.5. The monoisotopic (exact) mass is 397 g/mol. The maximum Gasteiger partial charge on any atom is 0.260 e. The molecule has 4 rings (SSSR count). The Hall–Kier alpha value is -4.19. The number of benzene rings is 3. The second-order valence-corrected chi connectivity index (χ2v) is 6.41. The van der Waals surface area contributed by atoms with Crippen molar-refractivity contribution in [3.05, 3.63) is 97.1 Å². The number of hydrogen-bond acceptors (Lipinski definition) is 5. The van der Waals surface area contributed by atoms with Crippen LogP contribution >= 0.6 is 0 Å². The molecule has 6 heteroatoms. The number of ether oxygens (including phenoxy) is 1. The van der Waals surface area contributed by atoms with Gasteiger partial charge in [-0.3, -0.25) is 4.79 Å². The summed E-state index contributed by atoms with van der Waals surface area (Å²) in [5, 5.41) is 6.97. The molecular weight excluding hydrogens is 378 g/mol. The van der Waals surface area contributed by atoms with Gasteiger partial charge in [-0.15, -0.1) is 0 Å². The molecule has 4 aromatic rings. The fourth-order valence-corrected chi connectivity index (χ4v) is 2.87. The van der Waals surface area contributed by atoms with E-state index in [0.29, 0.717) is 40.9 Å². The van der Waals surface area contributed by atoms with Crippen molar-refractivity contribution in [2.75, 3.05) is 11.9 Å². The number of para-hydroxylation sites is 1. The van der Waals surface area contributed by atoms with Gasteiger partial charge in [0.15, 0.2) is 0 Å². The van der Waals surface area contributed by atoms with Gasteiger partial charge in [0, 0.05) is 11.1 Å². The smallest absolute Gasteiger partial charge is 0.260 e. The zero-order chi connectivity index (χ0) is 20.8. The highest BCUT2D eigenvalue weighted by Crippen LogP contribution is 2.29. The van der Waals surface area contributed by atoms with Gasteiger partial charge in [-0.05, 0) is 36.4 Å². The standard InChI is InChI=1S/C24H19N3O3/c1-2-16-29-19-14-12-18(13-15-19)23(28)25-21-11-7-6-10-20(21)24-26-22(27-30-24)17-8-4-3-5-9-17/h2-15H,1,16H2,(H,25,28). The molecule has 0 aliphatic heterocycles. The van der Waals surface area contributed by atoms with Crippen LogP contribution in [0.1, 0.15) is 10.4 Å². The third-order valence-electron chi connectivity index (χ3n) is 4.35. The first kappa shape index (κ1) is 19.1. The Bertz CT molecular complexity index is 1150. The second-order valence-electron chi connectivity index (χ2n) is 6.41. The lowest BCUT2D eigenvalue weighted by Crippen LogP contribution is -2.12. The molecule has 0 spiro atoms. The van der Waals surface area contributed by atoms with Gasteiger partial charge < -0.3 is 14.6 Å². The van der Waals surface area contributed by atoms with E-state index < -0.39 is 0 Å². The third-order valence-corrected chi connectivity index (χ3v) is 4.35. The van der Waals surface area contributed by atoms with Gasteiger partial charge in [-0.2, -0.15) is 4.98 Å². The highest BCUT2D eigenvalue weighted by Gasteiger charge is 2.16. The molecule has 30 heavy (non-hydrogen) atoms. The third kappa shape index (κ3) is 4.28. The number of aromatic nitrogens is 2. The molecule has 1 amide bonds. The minimum atomic E-state index is -0.250. The average Bonchev–Trinajstić information content (AvgIpc) is 3.29. The highest BCUT2D eigenvalue weighted by molar-refractivity contribution is 6.06. The summed E-state index contributed by atoms with van der Waals surface area (Å²) in [6, 6.07) is 23.8. The predicted octanol–water partition coefficient (Wildman–Crippen LogP) is 5.22. The van der Waals surface area contributed by atoms with Gasteiger partial charge in [0.2, 0.25) is 5.82 Å². The van der Waals surface area contributed by atoms with Crippen LogP contribution in [0.5, 0.6) is 5.75 Å². The number of carbonyl (C=O) groups is 1. The number of rotatable bonds is 7. The summed E-state index contributed by atoms with van der Waals surface area (Å²) in [7, 11) is 0. The first-order chi connectivity index (χ1) is 14.7. The van der Waals surface area contributed by atoms with Gasteiger partial charge in [0.1, 0.15) is 12.4 Å². The van der Waals surface area contributed by atoms with Crippen LogP contribution in [-0.2, 0) is 0 Å². The quantitative estimate of drug-likeness (QED) is 0.433. The van der Waals surface area contributed by atoms with Crippen molar-refractivity contribution in [2.24, 2.45) is 0 Å². The summed E-state index contributed by atoms with van der Waals surface area (Å²) in [6.45, 7) is 4.02. The second kappa shape index (κ2) is 8.87. The van der Waals surface area contributed by atoms with Crippen molar-refractivity contribution in [1.82, 2.24) is 10.1 Å².